The smallest absolute Gasteiger partial charge is 0.0947 e. The van der Waals surface area contributed by atoms with Crippen molar-refractivity contribution in [3.05, 3.63) is 0 Å². The summed E-state index contributed by atoms with van der Waals surface area (Å²) in [7, 11) is 0. The van der Waals surface area contributed by atoms with Gasteiger partial charge in [-0.05, 0) is 12.8 Å². The molecule has 3 N–H and O–H groups in total. The molecular weight excluding hydrogens is 182 g/mol. The second-order valence-corrected chi connectivity index (χ2v) is 4.23. The van der Waals surface area contributed by atoms with Crippen LogP contribution in [0.25, 0.3) is 0 Å². The zero-order valence-corrected chi connectivity index (χ0v) is 9.66. The molecule has 4 heteroatoms. The van der Waals surface area contributed by atoms with E-state index >= 15 is 0 Å². The summed E-state index contributed by atoms with van der Waals surface area (Å²) in [6, 6.07) is 0. The Kier molecular flexibility index (Phi) is 7.09. The standard InChI is InChI=1S/C9H21N3S/c1-4-12(5-6-13-3)7-8(2)9(10)11/h8H,4-7H2,1-3H3,(H3,10,11). The maximum atomic E-state index is 7.29. The zero-order chi connectivity index (χ0) is 10.3. The summed E-state index contributed by atoms with van der Waals surface area (Å²) in [6.45, 7) is 7.19. The van der Waals surface area contributed by atoms with Crippen molar-refractivity contribution in [2.75, 3.05) is 31.6 Å². The predicted octanol–water partition coefficient (Wildman–Crippen LogP) is 1.24. The van der Waals surface area contributed by atoms with Crippen LogP contribution in [-0.2, 0) is 0 Å². The Morgan fingerprint density at radius 1 is 1.62 bits per heavy atom. The highest BCUT2D eigenvalue weighted by Gasteiger charge is 2.10. The Balaban J connectivity index is 3.75. The van der Waals surface area contributed by atoms with Crippen molar-refractivity contribution in [3.63, 3.8) is 0 Å². The van der Waals surface area contributed by atoms with Crippen LogP contribution in [0.5, 0.6) is 0 Å². The van der Waals surface area contributed by atoms with Crippen LogP contribution in [0.15, 0.2) is 0 Å². The molecular formula is C9H21N3S. The van der Waals surface area contributed by atoms with Crippen LogP contribution in [0.1, 0.15) is 13.8 Å². The minimum atomic E-state index is 0.182. The summed E-state index contributed by atoms with van der Waals surface area (Å²) >= 11 is 1.85. The van der Waals surface area contributed by atoms with Gasteiger partial charge in [-0.3, -0.25) is 5.41 Å². The second-order valence-electron chi connectivity index (χ2n) is 3.24. The fourth-order valence-corrected chi connectivity index (χ4v) is 1.53. The van der Waals surface area contributed by atoms with Gasteiger partial charge in [0.05, 0.1) is 5.84 Å². The van der Waals surface area contributed by atoms with Crippen LogP contribution in [0.2, 0.25) is 0 Å². The fourth-order valence-electron chi connectivity index (χ4n) is 1.08. The third-order valence-corrected chi connectivity index (χ3v) is 2.71. The van der Waals surface area contributed by atoms with Crippen molar-refractivity contribution in [3.8, 4) is 0 Å². The molecule has 0 fully saturated rings. The van der Waals surface area contributed by atoms with Crippen LogP contribution in [0, 0.1) is 11.3 Å². The van der Waals surface area contributed by atoms with Gasteiger partial charge < -0.3 is 10.6 Å². The number of amidine groups is 1. The van der Waals surface area contributed by atoms with E-state index in [1.807, 2.05) is 18.7 Å². The van der Waals surface area contributed by atoms with Crippen molar-refractivity contribution in [2.24, 2.45) is 11.7 Å². The van der Waals surface area contributed by atoms with Crippen molar-refractivity contribution < 1.29 is 0 Å². The van der Waals surface area contributed by atoms with Gasteiger partial charge in [-0.2, -0.15) is 11.8 Å². The second kappa shape index (κ2) is 7.21. The maximum Gasteiger partial charge on any atom is 0.0947 e. The molecule has 0 aromatic heterocycles. The lowest BCUT2D eigenvalue weighted by molar-refractivity contribution is 0.288. The molecule has 0 spiro atoms. The largest absolute Gasteiger partial charge is 0.387 e. The molecule has 0 rings (SSSR count). The molecule has 78 valence electrons. The minimum absolute atomic E-state index is 0.182. The normalized spacial score (nSPS) is 13.2. The summed E-state index contributed by atoms with van der Waals surface area (Å²) in [5.41, 5.74) is 5.42. The highest BCUT2D eigenvalue weighted by Crippen LogP contribution is 2.01. The minimum Gasteiger partial charge on any atom is -0.387 e. The molecule has 0 saturated heterocycles. The average Bonchev–Trinajstić information content (AvgIpc) is 2.11. The molecule has 3 nitrogen and oxygen atoms in total. The van der Waals surface area contributed by atoms with E-state index in [9.17, 15) is 0 Å². The molecule has 1 unspecified atom stereocenters. The van der Waals surface area contributed by atoms with Crippen molar-refractivity contribution >= 4 is 17.6 Å². The van der Waals surface area contributed by atoms with E-state index in [4.69, 9.17) is 11.1 Å². The van der Waals surface area contributed by atoms with Gasteiger partial charge in [-0.25, -0.2) is 0 Å². The van der Waals surface area contributed by atoms with Gasteiger partial charge in [0.2, 0.25) is 0 Å². The first kappa shape index (κ1) is 12.8. The van der Waals surface area contributed by atoms with Crippen LogP contribution >= 0.6 is 11.8 Å². The van der Waals surface area contributed by atoms with Gasteiger partial charge in [-0.15, -0.1) is 0 Å². The number of nitrogens with two attached hydrogens (primary N) is 1. The van der Waals surface area contributed by atoms with E-state index in [1.54, 1.807) is 0 Å². The third-order valence-electron chi connectivity index (χ3n) is 2.12. The first-order chi connectivity index (χ1) is 6.11. The zero-order valence-electron chi connectivity index (χ0n) is 8.84. The van der Waals surface area contributed by atoms with Gasteiger partial charge in [0, 0.05) is 24.8 Å². The molecule has 0 aromatic rings. The molecule has 1 atom stereocenters. The Hall–Kier alpha value is -0.220. The van der Waals surface area contributed by atoms with Crippen LogP contribution in [0.3, 0.4) is 0 Å². The molecule has 0 aliphatic carbocycles. The number of hydrogen-bond acceptors (Lipinski definition) is 3. The van der Waals surface area contributed by atoms with Gasteiger partial charge in [-0.1, -0.05) is 13.8 Å². The lowest BCUT2D eigenvalue weighted by Gasteiger charge is -2.23. The highest BCUT2D eigenvalue weighted by atomic mass is 32.2. The van der Waals surface area contributed by atoms with E-state index in [0.29, 0.717) is 5.84 Å². The van der Waals surface area contributed by atoms with Crippen LogP contribution in [0.4, 0.5) is 0 Å². The van der Waals surface area contributed by atoms with E-state index in [-0.39, 0.29) is 5.92 Å². The topological polar surface area (TPSA) is 53.1 Å². The van der Waals surface area contributed by atoms with E-state index < -0.39 is 0 Å². The summed E-state index contributed by atoms with van der Waals surface area (Å²) < 4.78 is 0. The summed E-state index contributed by atoms with van der Waals surface area (Å²) in [4.78, 5) is 2.34. The van der Waals surface area contributed by atoms with Crippen molar-refractivity contribution in [1.82, 2.24) is 4.90 Å². The van der Waals surface area contributed by atoms with Crippen molar-refractivity contribution in [1.29, 1.82) is 5.41 Å². The molecule has 13 heavy (non-hydrogen) atoms. The SMILES string of the molecule is CCN(CCSC)CC(C)C(=N)N. The van der Waals surface area contributed by atoms with E-state index in [1.165, 1.54) is 0 Å². The van der Waals surface area contributed by atoms with Gasteiger partial charge >= 0.3 is 0 Å². The molecule has 0 heterocycles. The first-order valence-corrected chi connectivity index (χ1v) is 6.06. The maximum absolute atomic E-state index is 7.29. The summed E-state index contributed by atoms with van der Waals surface area (Å²) in [5, 5.41) is 7.29. The van der Waals surface area contributed by atoms with Crippen LogP contribution < -0.4 is 5.73 Å². The molecule has 0 bridgehead atoms. The molecule has 0 aliphatic rings. The lowest BCUT2D eigenvalue weighted by atomic mass is 10.1. The summed E-state index contributed by atoms with van der Waals surface area (Å²) in [5.74, 6) is 1.63. The molecule has 0 saturated carbocycles. The monoisotopic (exact) mass is 203 g/mol. The first-order valence-electron chi connectivity index (χ1n) is 4.67. The lowest BCUT2D eigenvalue weighted by Crippen LogP contribution is -2.35. The molecule has 0 aliphatic heterocycles. The van der Waals surface area contributed by atoms with Gasteiger partial charge in [0.25, 0.3) is 0 Å². The number of thioether (sulfide) groups is 1. The Morgan fingerprint density at radius 3 is 2.62 bits per heavy atom. The Morgan fingerprint density at radius 2 is 2.23 bits per heavy atom. The number of rotatable bonds is 7. The average molecular weight is 203 g/mol. The number of nitrogens with zero attached hydrogens (tertiary/aromatic N) is 1. The van der Waals surface area contributed by atoms with Crippen molar-refractivity contribution in [2.45, 2.75) is 13.8 Å². The quantitative estimate of drug-likeness (QED) is 0.483. The number of nitrogens with one attached hydrogen (secondary N) is 1. The van der Waals surface area contributed by atoms with E-state index in [0.717, 1.165) is 25.4 Å². The highest BCUT2D eigenvalue weighted by molar-refractivity contribution is 7.98. The fraction of sp³-hybridized carbons (Fsp3) is 0.889. The Labute approximate surface area is 85.6 Å². The molecule has 0 aromatic carbocycles. The summed E-state index contributed by atoms with van der Waals surface area (Å²) in [6.07, 6.45) is 2.11. The van der Waals surface area contributed by atoms with Gasteiger partial charge in [0.1, 0.15) is 0 Å². The Bertz CT molecular complexity index is 150. The van der Waals surface area contributed by atoms with Gasteiger partial charge in [0.15, 0.2) is 0 Å². The third kappa shape index (κ3) is 5.93. The molecule has 0 amide bonds. The predicted molar refractivity (Wildman–Crippen MR) is 61.6 cm³/mol. The number of hydrogen-bond donors (Lipinski definition) is 2. The van der Waals surface area contributed by atoms with Crippen LogP contribution in [-0.4, -0.2) is 42.4 Å². The van der Waals surface area contributed by atoms with E-state index in [2.05, 4.69) is 18.1 Å². The molecule has 0 radical (unpaired) electrons.